The van der Waals surface area contributed by atoms with Gasteiger partial charge in [0.15, 0.2) is 0 Å². The Kier molecular flexibility index (Phi) is 4.88. The summed E-state index contributed by atoms with van der Waals surface area (Å²) in [7, 11) is 0. The van der Waals surface area contributed by atoms with Crippen molar-refractivity contribution in [3.05, 3.63) is 59.7 Å². The van der Waals surface area contributed by atoms with E-state index in [1.807, 2.05) is 0 Å². The van der Waals surface area contributed by atoms with Gasteiger partial charge >= 0.3 is 0 Å². The topological polar surface area (TPSA) is 76.8 Å². The van der Waals surface area contributed by atoms with Gasteiger partial charge in [-0.05, 0) is 54.5 Å². The Bertz CT molecular complexity index is 767. The molecule has 2 aromatic rings. The summed E-state index contributed by atoms with van der Waals surface area (Å²) in [4.78, 5) is 6.30. The fraction of sp³-hybridized carbons (Fsp3) is 0.476. The van der Waals surface area contributed by atoms with Gasteiger partial charge in [0.25, 0.3) is 0 Å². The summed E-state index contributed by atoms with van der Waals surface area (Å²) in [5.41, 5.74) is 0.790. The maximum atomic E-state index is 13.1. The summed E-state index contributed by atoms with van der Waals surface area (Å²) in [5, 5.41) is 30.7. The summed E-state index contributed by atoms with van der Waals surface area (Å²) in [6.45, 7) is 2.21. The van der Waals surface area contributed by atoms with Gasteiger partial charge in [0, 0.05) is 26.1 Å². The van der Waals surface area contributed by atoms with Crippen LogP contribution in [0.3, 0.4) is 0 Å². The molecule has 4 rings (SSSR count). The number of pyridine rings is 1. The fourth-order valence-electron chi connectivity index (χ4n) is 4.77. The van der Waals surface area contributed by atoms with E-state index in [1.54, 1.807) is 18.2 Å². The van der Waals surface area contributed by atoms with Gasteiger partial charge in [-0.3, -0.25) is 9.88 Å². The highest BCUT2D eigenvalue weighted by molar-refractivity contribution is 5.20. The van der Waals surface area contributed by atoms with Gasteiger partial charge in [-0.1, -0.05) is 12.1 Å². The van der Waals surface area contributed by atoms with Gasteiger partial charge < -0.3 is 15.3 Å². The van der Waals surface area contributed by atoms with Crippen molar-refractivity contribution in [2.45, 2.75) is 31.0 Å². The van der Waals surface area contributed by atoms with E-state index in [-0.39, 0.29) is 11.6 Å². The minimum atomic E-state index is -0.726. The molecule has 0 bridgehead atoms. The van der Waals surface area contributed by atoms with Gasteiger partial charge in [0.1, 0.15) is 17.7 Å². The third kappa shape index (κ3) is 4.13. The smallest absolute Gasteiger partial charge is 0.133 e. The highest BCUT2D eigenvalue weighted by Gasteiger charge is 2.48. The van der Waals surface area contributed by atoms with Gasteiger partial charge in [-0.15, -0.1) is 0 Å². The van der Waals surface area contributed by atoms with E-state index >= 15 is 0 Å². The highest BCUT2D eigenvalue weighted by atomic mass is 19.1. The highest BCUT2D eigenvalue weighted by Crippen LogP contribution is 2.45. The number of nitrogens with zero attached hydrogens (tertiary/aromatic N) is 2. The van der Waals surface area contributed by atoms with E-state index in [9.17, 15) is 19.7 Å². The third-order valence-corrected chi connectivity index (χ3v) is 5.93. The first kappa shape index (κ1) is 18.3. The fourth-order valence-corrected chi connectivity index (χ4v) is 4.77. The number of likely N-dealkylation sites (tertiary alicyclic amines) is 1. The molecule has 1 aliphatic carbocycles. The molecule has 0 amide bonds. The number of halogens is 1. The average molecular weight is 372 g/mol. The second-order valence-electron chi connectivity index (χ2n) is 8.13. The van der Waals surface area contributed by atoms with Gasteiger partial charge in [-0.2, -0.15) is 0 Å². The van der Waals surface area contributed by atoms with Crippen molar-refractivity contribution in [3.8, 4) is 5.75 Å². The van der Waals surface area contributed by atoms with Crippen LogP contribution in [0.2, 0.25) is 0 Å². The Morgan fingerprint density at radius 2 is 1.78 bits per heavy atom. The van der Waals surface area contributed by atoms with Crippen molar-refractivity contribution in [3.63, 3.8) is 0 Å². The lowest BCUT2D eigenvalue weighted by molar-refractivity contribution is 0.0327. The van der Waals surface area contributed by atoms with Crippen LogP contribution in [-0.2, 0) is 6.42 Å². The zero-order valence-electron chi connectivity index (χ0n) is 15.1. The van der Waals surface area contributed by atoms with Crippen LogP contribution in [-0.4, -0.2) is 50.4 Å². The zero-order valence-corrected chi connectivity index (χ0v) is 15.1. The van der Waals surface area contributed by atoms with E-state index in [0.717, 1.165) is 31.5 Å². The normalized spacial score (nSPS) is 29.0. The molecule has 5 nitrogen and oxygen atoms in total. The number of hydrogen-bond acceptors (Lipinski definition) is 5. The van der Waals surface area contributed by atoms with Gasteiger partial charge in [0.05, 0.1) is 17.5 Å². The van der Waals surface area contributed by atoms with Crippen LogP contribution in [0.1, 0.15) is 30.2 Å². The predicted octanol–water partition coefficient (Wildman–Crippen LogP) is 2.28. The number of benzene rings is 1. The Morgan fingerprint density at radius 3 is 2.37 bits per heavy atom. The molecule has 2 fully saturated rings. The number of aliphatic hydroxyl groups excluding tert-OH is 1. The van der Waals surface area contributed by atoms with Crippen molar-refractivity contribution in [2.75, 3.05) is 19.6 Å². The maximum absolute atomic E-state index is 13.1. The van der Waals surface area contributed by atoms with Crippen LogP contribution in [0.5, 0.6) is 5.75 Å². The van der Waals surface area contributed by atoms with E-state index in [0.29, 0.717) is 30.5 Å². The number of β-amino-alcohol motifs (C(OH)–C–C–N with tert-alkyl or cyclic N) is 1. The lowest BCUT2D eigenvalue weighted by Crippen LogP contribution is -2.33. The molecule has 6 heteroatoms. The zero-order chi connectivity index (χ0) is 19.0. The molecule has 1 aliphatic heterocycles. The number of aliphatic hydroxyl groups is 2. The van der Waals surface area contributed by atoms with E-state index in [1.165, 1.54) is 24.4 Å². The molecular weight excluding hydrogens is 347 g/mol. The summed E-state index contributed by atoms with van der Waals surface area (Å²) in [6, 6.07) is 9.53. The molecule has 0 radical (unpaired) electrons. The summed E-state index contributed by atoms with van der Waals surface area (Å²) in [6.07, 6.45) is 2.67. The molecule has 4 atom stereocenters. The third-order valence-electron chi connectivity index (χ3n) is 5.93. The van der Waals surface area contributed by atoms with Crippen molar-refractivity contribution in [2.24, 2.45) is 11.8 Å². The minimum Gasteiger partial charge on any atom is -0.506 e. The maximum Gasteiger partial charge on any atom is 0.133 e. The minimum absolute atomic E-state index is 0.0853. The molecule has 3 N–H and O–H groups in total. The molecule has 144 valence electrons. The summed E-state index contributed by atoms with van der Waals surface area (Å²) in [5.74, 6) is 0.652. The first-order chi connectivity index (χ1) is 12.9. The predicted molar refractivity (Wildman–Crippen MR) is 98.6 cm³/mol. The van der Waals surface area contributed by atoms with Crippen LogP contribution in [0.4, 0.5) is 4.39 Å². The van der Waals surface area contributed by atoms with Crippen molar-refractivity contribution < 1.29 is 19.7 Å². The van der Waals surface area contributed by atoms with Crippen LogP contribution >= 0.6 is 0 Å². The number of fused-ring (bicyclic) bond motifs is 1. The molecule has 2 aliphatic rings. The van der Waals surface area contributed by atoms with Crippen molar-refractivity contribution in [1.29, 1.82) is 0 Å². The monoisotopic (exact) mass is 372 g/mol. The Hall–Kier alpha value is -2.02. The van der Waals surface area contributed by atoms with Crippen LogP contribution in [0, 0.1) is 17.7 Å². The first-order valence-electron chi connectivity index (χ1n) is 9.42. The molecule has 1 aromatic heterocycles. The van der Waals surface area contributed by atoms with Crippen LogP contribution < -0.4 is 0 Å². The molecule has 1 saturated heterocycles. The summed E-state index contributed by atoms with van der Waals surface area (Å²) < 4.78 is 13.1. The van der Waals surface area contributed by atoms with E-state index < -0.39 is 11.7 Å². The molecule has 2 heterocycles. The van der Waals surface area contributed by atoms with E-state index in [2.05, 4.69) is 9.88 Å². The Morgan fingerprint density at radius 1 is 1.11 bits per heavy atom. The second-order valence-corrected chi connectivity index (χ2v) is 8.13. The van der Waals surface area contributed by atoms with Gasteiger partial charge in [-0.25, -0.2) is 4.39 Å². The Labute approximate surface area is 158 Å². The molecule has 0 spiro atoms. The molecule has 27 heavy (non-hydrogen) atoms. The number of aromatic hydroxyl groups is 1. The van der Waals surface area contributed by atoms with Crippen molar-refractivity contribution in [1.82, 2.24) is 9.88 Å². The summed E-state index contributed by atoms with van der Waals surface area (Å²) >= 11 is 0. The first-order valence-corrected chi connectivity index (χ1v) is 9.42. The molecular formula is C21H25FN2O3. The quantitative estimate of drug-likeness (QED) is 0.751. The largest absolute Gasteiger partial charge is 0.506 e. The Balaban J connectivity index is 1.32. The number of rotatable bonds is 5. The van der Waals surface area contributed by atoms with Gasteiger partial charge in [0.2, 0.25) is 0 Å². The van der Waals surface area contributed by atoms with Crippen LogP contribution in [0.15, 0.2) is 42.6 Å². The standard InChI is InChI=1S/C21H25FN2O3/c22-17-3-1-14(2-4-17)7-21(27)8-15-11-24(12-16(15)9-21)13-20(26)19-6-5-18(25)10-23-19/h1-6,10,15-16,20,25-27H,7-9,11-13H2/t15-,16+,20-,21?/m1/s1. The number of hydrogen-bond donors (Lipinski definition) is 3. The second kappa shape index (κ2) is 7.19. The lowest BCUT2D eigenvalue weighted by atomic mass is 9.91. The lowest BCUT2D eigenvalue weighted by Gasteiger charge is -2.27. The molecule has 1 aromatic carbocycles. The average Bonchev–Trinajstić information content (AvgIpc) is 3.11. The van der Waals surface area contributed by atoms with Crippen LogP contribution in [0.25, 0.3) is 0 Å². The molecule has 1 unspecified atom stereocenters. The number of aromatic nitrogens is 1. The van der Waals surface area contributed by atoms with E-state index in [4.69, 9.17) is 0 Å². The van der Waals surface area contributed by atoms with Crippen molar-refractivity contribution >= 4 is 0 Å². The SMILES string of the molecule is Oc1ccc([C@H](O)CN2C[C@@H]3CC(O)(Cc4ccc(F)cc4)C[C@@H]3C2)nc1. The molecule has 1 saturated carbocycles.